The molecule has 2 rings (SSSR count). The Morgan fingerprint density at radius 1 is 1.18 bits per heavy atom. The molecule has 0 bridgehead atoms. The van der Waals surface area contributed by atoms with Crippen LogP contribution in [0.25, 0.3) is 6.08 Å². The minimum Gasteiger partial charge on any atom is -0.554 e. The van der Waals surface area contributed by atoms with Crippen LogP contribution in [0.1, 0.15) is 5.56 Å². The number of ether oxygens (including phenoxy) is 1. The number of para-hydroxylation sites is 1. The summed E-state index contributed by atoms with van der Waals surface area (Å²) in [6, 6.07) is 7.94. The summed E-state index contributed by atoms with van der Waals surface area (Å²) < 4.78 is 5.21. The quantitative estimate of drug-likeness (QED) is 0.665. The van der Waals surface area contributed by atoms with Crippen molar-refractivity contribution in [1.29, 1.82) is 0 Å². The molecule has 0 spiro atoms. The van der Waals surface area contributed by atoms with Gasteiger partial charge in [0.25, 0.3) is 0 Å². The van der Waals surface area contributed by atoms with E-state index in [1.165, 1.54) is 0 Å². The molecule has 2 heteroatoms. The van der Waals surface area contributed by atoms with Gasteiger partial charge in [-0.1, -0.05) is 30.4 Å². The van der Waals surface area contributed by atoms with E-state index in [0.717, 1.165) is 11.3 Å². The summed E-state index contributed by atoms with van der Waals surface area (Å²) in [5.41, 5.74) is 1.14. The van der Waals surface area contributed by atoms with Gasteiger partial charge in [0.15, 0.2) is 0 Å². The zero-order chi connectivity index (χ0) is 6.81. The predicted molar refractivity (Wildman–Crippen MR) is 40.4 cm³/mol. The average Bonchev–Trinajstić information content (AvgIpc) is 2.05. The zero-order valence-corrected chi connectivity index (χ0v) is 8.04. The molecule has 1 aromatic carbocycles. The van der Waals surface area contributed by atoms with Crippen LogP contribution >= 0.6 is 0 Å². The van der Waals surface area contributed by atoms with E-state index in [1.807, 2.05) is 36.4 Å². The van der Waals surface area contributed by atoms with Crippen molar-refractivity contribution in [2.24, 2.45) is 0 Å². The molecule has 0 radical (unpaired) electrons. The average molecular weight is 326 g/mol. The topological polar surface area (TPSA) is 9.23 Å². The van der Waals surface area contributed by atoms with Crippen molar-refractivity contribution in [1.82, 2.24) is 0 Å². The van der Waals surface area contributed by atoms with Gasteiger partial charge < -0.3 is 4.74 Å². The van der Waals surface area contributed by atoms with Crippen LogP contribution < -0.4 is 4.74 Å². The summed E-state index contributed by atoms with van der Waals surface area (Å²) in [5.74, 6) is 0.935. The monoisotopic (exact) mass is 326 g/mol. The SMILES string of the molecule is C1=Cc2ccccc2O[CH-]1.[Pt]. The second-order valence-corrected chi connectivity index (χ2v) is 2.15. The number of hydrogen-bond donors (Lipinski definition) is 0. The standard InChI is InChI=1S/C9H7O.Pt/c1-2-6-9-8(4-1)5-3-7-10-9;/h1-7H;/q-1;. The molecule has 11 heavy (non-hydrogen) atoms. The molecule has 1 aliphatic heterocycles. The first-order valence-corrected chi connectivity index (χ1v) is 3.22. The van der Waals surface area contributed by atoms with Gasteiger partial charge in [0.1, 0.15) is 0 Å². The molecule has 0 aliphatic carbocycles. The van der Waals surface area contributed by atoms with Crippen molar-refractivity contribution < 1.29 is 25.8 Å². The van der Waals surface area contributed by atoms with E-state index in [-0.39, 0.29) is 21.1 Å². The molecule has 0 atom stereocenters. The summed E-state index contributed by atoms with van der Waals surface area (Å²) in [4.78, 5) is 0. The van der Waals surface area contributed by atoms with E-state index in [9.17, 15) is 0 Å². The van der Waals surface area contributed by atoms with Crippen LogP contribution in [0.4, 0.5) is 0 Å². The third kappa shape index (κ3) is 1.66. The van der Waals surface area contributed by atoms with Crippen molar-refractivity contribution in [2.45, 2.75) is 0 Å². The van der Waals surface area contributed by atoms with Crippen LogP contribution in [-0.4, -0.2) is 0 Å². The Bertz CT molecular complexity index is 268. The number of benzene rings is 1. The van der Waals surface area contributed by atoms with Crippen LogP contribution in [0.2, 0.25) is 0 Å². The summed E-state index contributed by atoms with van der Waals surface area (Å²) in [7, 11) is 0. The van der Waals surface area contributed by atoms with Crippen molar-refractivity contribution in [3.63, 3.8) is 0 Å². The fourth-order valence-corrected chi connectivity index (χ4v) is 0.981. The maximum Gasteiger partial charge on any atom is 0.0927 e. The third-order valence-corrected chi connectivity index (χ3v) is 1.47. The first kappa shape index (κ1) is 8.42. The van der Waals surface area contributed by atoms with Gasteiger partial charge in [-0.25, -0.2) is 0 Å². The Morgan fingerprint density at radius 3 is 2.82 bits per heavy atom. The Hall–Kier alpha value is -0.682. The maximum absolute atomic E-state index is 5.21. The Balaban J connectivity index is 0.000000605. The van der Waals surface area contributed by atoms with Gasteiger partial charge in [-0.3, -0.25) is 0 Å². The fourth-order valence-electron chi connectivity index (χ4n) is 0.981. The Kier molecular flexibility index (Phi) is 2.78. The van der Waals surface area contributed by atoms with Crippen LogP contribution in [0.15, 0.2) is 30.3 Å². The molecule has 1 heterocycles. The predicted octanol–water partition coefficient (Wildman–Crippen LogP) is 2.25. The largest absolute Gasteiger partial charge is 0.554 e. The third-order valence-electron chi connectivity index (χ3n) is 1.47. The smallest absolute Gasteiger partial charge is 0.0927 e. The molecule has 0 amide bonds. The molecule has 60 valence electrons. The number of rotatable bonds is 0. The van der Waals surface area contributed by atoms with Crippen LogP contribution in [0.3, 0.4) is 0 Å². The van der Waals surface area contributed by atoms with Crippen LogP contribution in [0.5, 0.6) is 5.75 Å². The van der Waals surface area contributed by atoms with Gasteiger partial charge in [0, 0.05) is 21.1 Å². The molecule has 1 nitrogen and oxygen atoms in total. The normalized spacial score (nSPS) is 12.0. The fraction of sp³-hybridized carbons (Fsp3) is 0. The van der Waals surface area contributed by atoms with Gasteiger partial charge in [-0.2, -0.15) is 12.2 Å². The van der Waals surface area contributed by atoms with E-state index < -0.39 is 0 Å². The van der Waals surface area contributed by atoms with Crippen LogP contribution in [0, 0.1) is 6.61 Å². The second-order valence-electron chi connectivity index (χ2n) is 2.15. The van der Waals surface area contributed by atoms with Gasteiger partial charge in [-0.05, 0) is 6.07 Å². The maximum atomic E-state index is 5.21. The van der Waals surface area contributed by atoms with Crippen molar-refractivity contribution in [3.05, 3.63) is 42.5 Å². The van der Waals surface area contributed by atoms with E-state index in [0.29, 0.717) is 0 Å². The molecular formula is C9H7OPt-. The van der Waals surface area contributed by atoms with Crippen molar-refractivity contribution >= 4 is 6.08 Å². The molecule has 0 N–H and O–H groups in total. The first-order valence-electron chi connectivity index (χ1n) is 3.22. The molecule has 0 saturated heterocycles. The summed E-state index contributed by atoms with van der Waals surface area (Å²) in [5, 5.41) is 0. The zero-order valence-electron chi connectivity index (χ0n) is 5.77. The molecule has 0 aromatic heterocycles. The molecule has 0 saturated carbocycles. The van der Waals surface area contributed by atoms with E-state index in [1.54, 1.807) is 6.61 Å². The molecule has 1 aromatic rings. The van der Waals surface area contributed by atoms with Gasteiger partial charge in [0.05, 0.1) is 5.75 Å². The summed E-state index contributed by atoms with van der Waals surface area (Å²) >= 11 is 0. The first-order chi connectivity index (χ1) is 4.97. The number of fused-ring (bicyclic) bond motifs is 1. The molecule has 1 aliphatic rings. The van der Waals surface area contributed by atoms with E-state index in [2.05, 4.69) is 0 Å². The van der Waals surface area contributed by atoms with Crippen molar-refractivity contribution in [3.8, 4) is 5.75 Å². The second kappa shape index (κ2) is 3.64. The summed E-state index contributed by atoms with van der Waals surface area (Å²) in [6.45, 7) is 1.68. The minimum atomic E-state index is 0. The molecular weight excluding hydrogens is 319 g/mol. The van der Waals surface area contributed by atoms with Crippen LogP contribution in [-0.2, 0) is 21.1 Å². The Morgan fingerprint density at radius 2 is 2.00 bits per heavy atom. The molecule has 0 fully saturated rings. The minimum absolute atomic E-state index is 0. The summed E-state index contributed by atoms with van der Waals surface area (Å²) in [6.07, 6.45) is 3.92. The molecule has 0 unspecified atom stereocenters. The van der Waals surface area contributed by atoms with Gasteiger partial charge in [-0.15, -0.1) is 0 Å². The van der Waals surface area contributed by atoms with E-state index in [4.69, 9.17) is 4.74 Å². The number of hydrogen-bond acceptors (Lipinski definition) is 1. The van der Waals surface area contributed by atoms with Crippen molar-refractivity contribution in [2.75, 3.05) is 0 Å². The Labute approximate surface area is 80.3 Å². The van der Waals surface area contributed by atoms with E-state index >= 15 is 0 Å². The van der Waals surface area contributed by atoms with Gasteiger partial charge in [0.2, 0.25) is 0 Å². The van der Waals surface area contributed by atoms with Gasteiger partial charge >= 0.3 is 0 Å².